The maximum atomic E-state index is 6.07. The van der Waals surface area contributed by atoms with Crippen LogP contribution < -0.4 is 10.6 Å². The van der Waals surface area contributed by atoms with Gasteiger partial charge >= 0.3 is 0 Å². The molecule has 136 valence electrons. The molecule has 0 radical (unpaired) electrons. The van der Waals surface area contributed by atoms with Crippen LogP contribution in [0.15, 0.2) is 48.5 Å². The second kappa shape index (κ2) is 10.4. The maximum Gasteiger partial charge on any atom is 0.0409 e. The van der Waals surface area contributed by atoms with Crippen molar-refractivity contribution in [1.29, 1.82) is 0 Å². The third kappa shape index (κ3) is 6.47. The van der Waals surface area contributed by atoms with Crippen molar-refractivity contribution in [1.82, 2.24) is 10.6 Å². The Labute approximate surface area is 166 Å². The molecule has 1 saturated carbocycles. The molecule has 0 heterocycles. The first-order valence-corrected chi connectivity index (χ1v) is 9.42. The number of halogens is 3. The van der Waals surface area contributed by atoms with Crippen molar-refractivity contribution in [2.75, 3.05) is 0 Å². The normalized spacial score (nSPS) is 20.1. The predicted molar refractivity (Wildman–Crippen MR) is 110 cm³/mol. The van der Waals surface area contributed by atoms with E-state index in [2.05, 4.69) is 22.8 Å². The standard InChI is InChI=1S/C20H24Cl2N2.ClH/c21-17-7-3-5-15(11-17)13-23-19-9-1-2-10-20(19)24-14-16-6-4-8-18(22)12-16;/h3-8,11-12,19-20,23-24H,1-2,9-10,13-14H2;1H/t19-,20-;/m0./s1. The quantitative estimate of drug-likeness (QED) is 0.660. The Balaban J connectivity index is 0.00000225. The van der Waals surface area contributed by atoms with Crippen LogP contribution in [0.25, 0.3) is 0 Å². The Kier molecular flexibility index (Phi) is 8.54. The van der Waals surface area contributed by atoms with Crippen LogP contribution in [0, 0.1) is 0 Å². The molecule has 2 aromatic carbocycles. The van der Waals surface area contributed by atoms with Crippen LogP contribution in [0.4, 0.5) is 0 Å². The van der Waals surface area contributed by atoms with Crippen LogP contribution in [0.3, 0.4) is 0 Å². The van der Waals surface area contributed by atoms with E-state index in [1.165, 1.54) is 36.8 Å². The molecule has 1 aliphatic rings. The lowest BCUT2D eigenvalue weighted by atomic mass is 9.90. The highest BCUT2D eigenvalue weighted by molar-refractivity contribution is 6.30. The van der Waals surface area contributed by atoms with Crippen molar-refractivity contribution in [3.63, 3.8) is 0 Å². The summed E-state index contributed by atoms with van der Waals surface area (Å²) in [5.74, 6) is 0. The molecule has 0 saturated heterocycles. The highest BCUT2D eigenvalue weighted by Gasteiger charge is 2.24. The molecule has 0 spiro atoms. The lowest BCUT2D eigenvalue weighted by molar-refractivity contribution is 0.281. The van der Waals surface area contributed by atoms with Gasteiger partial charge in [-0.2, -0.15) is 0 Å². The average molecular weight is 400 g/mol. The van der Waals surface area contributed by atoms with Crippen LogP contribution >= 0.6 is 35.6 Å². The van der Waals surface area contributed by atoms with Crippen LogP contribution in [0.1, 0.15) is 36.8 Å². The molecule has 2 aromatic rings. The summed E-state index contributed by atoms with van der Waals surface area (Å²) in [6.45, 7) is 1.72. The van der Waals surface area contributed by atoms with Crippen LogP contribution in [0.5, 0.6) is 0 Å². The molecule has 2 nitrogen and oxygen atoms in total. The summed E-state index contributed by atoms with van der Waals surface area (Å²) in [5.41, 5.74) is 2.48. The van der Waals surface area contributed by atoms with Crippen molar-refractivity contribution in [3.8, 4) is 0 Å². The molecule has 2 N–H and O–H groups in total. The third-order valence-corrected chi connectivity index (χ3v) is 5.15. The summed E-state index contributed by atoms with van der Waals surface area (Å²) < 4.78 is 0. The summed E-state index contributed by atoms with van der Waals surface area (Å²) in [4.78, 5) is 0. The van der Waals surface area contributed by atoms with Gasteiger partial charge in [0.15, 0.2) is 0 Å². The summed E-state index contributed by atoms with van der Waals surface area (Å²) in [6.07, 6.45) is 5.02. The van der Waals surface area contributed by atoms with Gasteiger partial charge in [0.05, 0.1) is 0 Å². The highest BCUT2D eigenvalue weighted by atomic mass is 35.5. The van der Waals surface area contributed by atoms with Crippen molar-refractivity contribution in [2.45, 2.75) is 50.9 Å². The Morgan fingerprint density at radius 2 is 1.20 bits per heavy atom. The zero-order chi connectivity index (χ0) is 16.8. The predicted octanol–water partition coefficient (Wildman–Crippen LogP) is 5.61. The molecule has 0 unspecified atom stereocenters. The first-order chi connectivity index (χ1) is 11.7. The van der Waals surface area contributed by atoms with Crippen molar-refractivity contribution in [2.24, 2.45) is 0 Å². The number of rotatable bonds is 6. The van der Waals surface area contributed by atoms with Gasteiger partial charge in [-0.3, -0.25) is 0 Å². The van der Waals surface area contributed by atoms with Gasteiger partial charge in [0.2, 0.25) is 0 Å². The lowest BCUT2D eigenvalue weighted by Crippen LogP contribution is -2.49. The average Bonchev–Trinajstić information content (AvgIpc) is 2.59. The first kappa shape index (κ1) is 20.5. The van der Waals surface area contributed by atoms with E-state index < -0.39 is 0 Å². The van der Waals surface area contributed by atoms with Gasteiger partial charge in [-0.15, -0.1) is 12.4 Å². The minimum atomic E-state index is 0. The summed E-state index contributed by atoms with van der Waals surface area (Å²) in [7, 11) is 0. The van der Waals surface area contributed by atoms with Gasteiger partial charge in [-0.25, -0.2) is 0 Å². The van der Waals surface area contributed by atoms with E-state index in [1.54, 1.807) is 0 Å². The van der Waals surface area contributed by atoms with Gasteiger partial charge in [0.1, 0.15) is 0 Å². The maximum absolute atomic E-state index is 6.07. The van der Waals surface area contributed by atoms with Crippen molar-refractivity contribution < 1.29 is 0 Å². The Bertz CT molecular complexity index is 605. The second-order valence-corrected chi connectivity index (χ2v) is 7.39. The van der Waals surface area contributed by atoms with E-state index in [4.69, 9.17) is 23.2 Å². The molecule has 0 aromatic heterocycles. The molecular weight excluding hydrogens is 375 g/mol. The summed E-state index contributed by atoms with van der Waals surface area (Å²) in [5, 5.41) is 9.03. The minimum Gasteiger partial charge on any atom is -0.308 e. The van der Waals surface area contributed by atoms with Gasteiger partial charge in [0.25, 0.3) is 0 Å². The van der Waals surface area contributed by atoms with Crippen molar-refractivity contribution >= 4 is 35.6 Å². The minimum absolute atomic E-state index is 0. The van der Waals surface area contributed by atoms with E-state index in [0.717, 1.165) is 23.1 Å². The fraction of sp³-hybridized carbons (Fsp3) is 0.400. The van der Waals surface area contributed by atoms with E-state index in [9.17, 15) is 0 Å². The molecule has 0 aliphatic heterocycles. The zero-order valence-electron chi connectivity index (χ0n) is 14.2. The molecule has 0 amide bonds. The summed E-state index contributed by atoms with van der Waals surface area (Å²) >= 11 is 12.1. The van der Waals surface area contributed by atoms with Crippen LogP contribution in [-0.4, -0.2) is 12.1 Å². The lowest BCUT2D eigenvalue weighted by Gasteiger charge is -2.33. The smallest absolute Gasteiger partial charge is 0.0409 e. The Hall–Kier alpha value is -0.770. The number of nitrogens with one attached hydrogen (secondary N) is 2. The molecule has 25 heavy (non-hydrogen) atoms. The van der Waals surface area contributed by atoms with E-state index in [1.807, 2.05) is 36.4 Å². The van der Waals surface area contributed by atoms with E-state index >= 15 is 0 Å². The molecule has 1 aliphatic carbocycles. The highest BCUT2D eigenvalue weighted by Crippen LogP contribution is 2.20. The first-order valence-electron chi connectivity index (χ1n) is 8.66. The van der Waals surface area contributed by atoms with E-state index in [0.29, 0.717) is 12.1 Å². The molecule has 3 rings (SSSR count). The molecule has 5 heteroatoms. The molecule has 2 atom stereocenters. The van der Waals surface area contributed by atoms with E-state index in [-0.39, 0.29) is 12.4 Å². The van der Waals surface area contributed by atoms with Gasteiger partial charge < -0.3 is 10.6 Å². The zero-order valence-corrected chi connectivity index (χ0v) is 16.5. The van der Waals surface area contributed by atoms with Gasteiger partial charge in [-0.05, 0) is 48.2 Å². The fourth-order valence-corrected chi connectivity index (χ4v) is 3.84. The Morgan fingerprint density at radius 1 is 0.760 bits per heavy atom. The van der Waals surface area contributed by atoms with Gasteiger partial charge in [0, 0.05) is 35.2 Å². The van der Waals surface area contributed by atoms with Gasteiger partial charge in [-0.1, -0.05) is 60.3 Å². The second-order valence-electron chi connectivity index (χ2n) is 6.52. The third-order valence-electron chi connectivity index (χ3n) is 4.68. The Morgan fingerprint density at radius 3 is 1.60 bits per heavy atom. The van der Waals surface area contributed by atoms with Crippen molar-refractivity contribution in [3.05, 3.63) is 69.7 Å². The number of benzene rings is 2. The summed E-state index contributed by atoms with van der Waals surface area (Å²) in [6, 6.07) is 17.2. The fourth-order valence-electron chi connectivity index (χ4n) is 3.41. The number of hydrogen-bond acceptors (Lipinski definition) is 2. The largest absolute Gasteiger partial charge is 0.308 e. The SMILES string of the molecule is Cl.Clc1cccc(CN[C@H]2CCCC[C@@H]2NCc2cccc(Cl)c2)c1. The molecular formula is C20H25Cl3N2. The van der Waals surface area contributed by atoms with Crippen LogP contribution in [-0.2, 0) is 13.1 Å². The van der Waals surface area contributed by atoms with Crippen LogP contribution in [0.2, 0.25) is 10.0 Å². The monoisotopic (exact) mass is 398 g/mol. The topological polar surface area (TPSA) is 24.1 Å². The molecule has 0 bridgehead atoms. The number of hydrogen-bond donors (Lipinski definition) is 2. The molecule has 1 fully saturated rings.